The van der Waals surface area contributed by atoms with E-state index in [0.717, 1.165) is 22.0 Å². The molecule has 4 aromatic rings. The number of nitriles is 1. The molecule has 0 aliphatic rings. The number of aromatic amines is 1. The molecule has 1 heterocycles. The second kappa shape index (κ2) is 8.90. The van der Waals surface area contributed by atoms with Crippen LogP contribution in [0, 0.1) is 17.1 Å². The molecule has 0 spiro atoms. The third-order valence-electron chi connectivity index (χ3n) is 5.24. The summed E-state index contributed by atoms with van der Waals surface area (Å²) in [7, 11) is 1.71. The average Bonchev–Trinajstić information content (AvgIpc) is 3.29. The molecular weight excluding hydrogens is 407 g/mol. The Labute approximate surface area is 184 Å². The van der Waals surface area contributed by atoms with Crippen molar-refractivity contribution in [3.8, 4) is 22.9 Å². The van der Waals surface area contributed by atoms with Crippen molar-refractivity contribution in [3.63, 3.8) is 0 Å². The van der Waals surface area contributed by atoms with Crippen molar-refractivity contribution in [2.24, 2.45) is 0 Å². The minimum Gasteiger partial charge on any atom is -0.493 e. The molecule has 7 heteroatoms. The van der Waals surface area contributed by atoms with Crippen molar-refractivity contribution in [1.82, 2.24) is 15.1 Å². The van der Waals surface area contributed by atoms with Crippen LogP contribution in [-0.4, -0.2) is 34.7 Å². The van der Waals surface area contributed by atoms with Crippen LogP contribution in [0.15, 0.2) is 60.8 Å². The summed E-state index contributed by atoms with van der Waals surface area (Å²) in [6.45, 7) is 2.61. The Morgan fingerprint density at radius 3 is 2.81 bits per heavy atom. The van der Waals surface area contributed by atoms with Crippen LogP contribution in [0.3, 0.4) is 0 Å². The van der Waals surface area contributed by atoms with E-state index < -0.39 is 0 Å². The maximum Gasteiger partial charge on any atom is 0.254 e. The predicted molar refractivity (Wildman–Crippen MR) is 120 cm³/mol. The highest BCUT2D eigenvalue weighted by Crippen LogP contribution is 2.32. The second-order valence-corrected chi connectivity index (χ2v) is 7.36. The third kappa shape index (κ3) is 4.03. The fraction of sp³-hybridized carbons (Fsp3) is 0.160. The molecule has 0 fully saturated rings. The highest BCUT2D eigenvalue weighted by Gasteiger charge is 2.18. The largest absolute Gasteiger partial charge is 0.493 e. The molecule has 160 valence electrons. The van der Waals surface area contributed by atoms with Crippen molar-refractivity contribution in [1.29, 1.82) is 5.26 Å². The van der Waals surface area contributed by atoms with Crippen molar-refractivity contribution in [2.75, 3.05) is 13.7 Å². The van der Waals surface area contributed by atoms with Crippen LogP contribution < -0.4 is 4.74 Å². The zero-order chi connectivity index (χ0) is 22.7. The van der Waals surface area contributed by atoms with Gasteiger partial charge in [-0.15, -0.1) is 0 Å². The van der Waals surface area contributed by atoms with E-state index in [-0.39, 0.29) is 11.7 Å². The molecule has 0 aliphatic heterocycles. The van der Waals surface area contributed by atoms with Crippen LogP contribution in [-0.2, 0) is 6.54 Å². The Bertz CT molecular complexity index is 1340. The number of carbonyl (C=O) groups excluding carboxylic acids is 1. The monoisotopic (exact) mass is 428 g/mol. The van der Waals surface area contributed by atoms with Gasteiger partial charge in [0.15, 0.2) is 0 Å². The van der Waals surface area contributed by atoms with E-state index in [1.807, 2.05) is 13.0 Å². The van der Waals surface area contributed by atoms with Crippen LogP contribution in [0.5, 0.6) is 5.75 Å². The first-order valence-corrected chi connectivity index (χ1v) is 10.1. The van der Waals surface area contributed by atoms with Gasteiger partial charge < -0.3 is 9.64 Å². The molecule has 6 nitrogen and oxygen atoms in total. The van der Waals surface area contributed by atoms with Gasteiger partial charge in [0.25, 0.3) is 5.91 Å². The summed E-state index contributed by atoms with van der Waals surface area (Å²) < 4.78 is 19.5. The van der Waals surface area contributed by atoms with Crippen molar-refractivity contribution in [2.45, 2.75) is 13.5 Å². The summed E-state index contributed by atoms with van der Waals surface area (Å²) in [6.07, 6.45) is 1.61. The van der Waals surface area contributed by atoms with Gasteiger partial charge in [-0.2, -0.15) is 10.4 Å². The van der Waals surface area contributed by atoms with E-state index in [1.54, 1.807) is 54.5 Å². The summed E-state index contributed by atoms with van der Waals surface area (Å²) in [5.41, 5.74) is 3.98. The van der Waals surface area contributed by atoms with Crippen LogP contribution in [0.1, 0.15) is 28.4 Å². The molecule has 1 aromatic heterocycles. The molecule has 0 saturated carbocycles. The van der Waals surface area contributed by atoms with Crippen molar-refractivity contribution < 1.29 is 13.9 Å². The standard InChI is InChI=1S/C25H21FN4O2/c1-3-32-23-12-17(9-10-21(23)16-5-4-6-20(26)11-16)25(31)30(2)15-19-8-7-18(13-27)22-14-28-29-24(19)22/h4-12,14H,3,15H2,1-2H3,(H,28,29). The van der Waals surface area contributed by atoms with E-state index in [2.05, 4.69) is 16.3 Å². The van der Waals surface area contributed by atoms with Gasteiger partial charge in [-0.3, -0.25) is 9.89 Å². The topological polar surface area (TPSA) is 82.0 Å². The van der Waals surface area contributed by atoms with Gasteiger partial charge in [-0.1, -0.05) is 18.2 Å². The van der Waals surface area contributed by atoms with E-state index in [9.17, 15) is 14.4 Å². The van der Waals surface area contributed by atoms with Gasteiger partial charge in [-0.05, 0) is 54.4 Å². The molecule has 0 radical (unpaired) electrons. The highest BCUT2D eigenvalue weighted by molar-refractivity contribution is 5.96. The maximum atomic E-state index is 13.7. The number of carbonyl (C=O) groups is 1. The molecule has 1 N–H and O–H groups in total. The number of nitrogens with zero attached hydrogens (tertiary/aromatic N) is 3. The predicted octanol–water partition coefficient (Wildman–Crippen LogP) is 4.91. The number of ether oxygens (including phenoxy) is 1. The zero-order valence-electron chi connectivity index (χ0n) is 17.7. The Morgan fingerprint density at radius 2 is 2.06 bits per heavy atom. The summed E-state index contributed by atoms with van der Waals surface area (Å²) in [5, 5.41) is 16.9. The number of rotatable bonds is 6. The highest BCUT2D eigenvalue weighted by atomic mass is 19.1. The van der Waals surface area contributed by atoms with Crippen LogP contribution >= 0.6 is 0 Å². The number of fused-ring (bicyclic) bond motifs is 1. The van der Waals surface area contributed by atoms with Gasteiger partial charge in [0.05, 0.1) is 30.0 Å². The lowest BCUT2D eigenvalue weighted by Crippen LogP contribution is -2.26. The number of nitrogens with one attached hydrogen (secondary N) is 1. The molecular formula is C25H21FN4O2. The minimum absolute atomic E-state index is 0.186. The van der Waals surface area contributed by atoms with Crippen LogP contribution in [0.2, 0.25) is 0 Å². The number of aromatic nitrogens is 2. The van der Waals surface area contributed by atoms with Crippen molar-refractivity contribution in [3.05, 3.63) is 83.3 Å². The average molecular weight is 428 g/mol. The Morgan fingerprint density at radius 1 is 1.22 bits per heavy atom. The molecule has 0 bridgehead atoms. The lowest BCUT2D eigenvalue weighted by molar-refractivity contribution is 0.0785. The quantitative estimate of drug-likeness (QED) is 0.473. The maximum absolute atomic E-state index is 13.7. The Balaban J connectivity index is 1.62. The van der Waals surface area contributed by atoms with E-state index in [4.69, 9.17) is 4.74 Å². The Hall–Kier alpha value is -4.18. The molecule has 4 rings (SSSR count). The number of H-pyrrole nitrogens is 1. The molecule has 0 unspecified atom stereocenters. The smallest absolute Gasteiger partial charge is 0.254 e. The second-order valence-electron chi connectivity index (χ2n) is 7.36. The lowest BCUT2D eigenvalue weighted by atomic mass is 10.0. The Kier molecular flexibility index (Phi) is 5.86. The number of benzene rings is 3. The van der Waals surface area contributed by atoms with Gasteiger partial charge in [0.2, 0.25) is 0 Å². The number of amides is 1. The fourth-order valence-electron chi connectivity index (χ4n) is 3.69. The molecule has 0 atom stereocenters. The minimum atomic E-state index is -0.336. The normalized spacial score (nSPS) is 10.7. The third-order valence-corrected chi connectivity index (χ3v) is 5.24. The number of hydrogen-bond acceptors (Lipinski definition) is 4. The fourth-order valence-corrected chi connectivity index (χ4v) is 3.69. The molecule has 0 saturated heterocycles. The molecule has 3 aromatic carbocycles. The lowest BCUT2D eigenvalue weighted by Gasteiger charge is -2.19. The van der Waals surface area contributed by atoms with Gasteiger partial charge in [-0.25, -0.2) is 4.39 Å². The van der Waals surface area contributed by atoms with E-state index >= 15 is 0 Å². The molecule has 32 heavy (non-hydrogen) atoms. The zero-order valence-corrected chi connectivity index (χ0v) is 17.7. The first-order chi connectivity index (χ1) is 15.5. The van der Waals surface area contributed by atoms with Gasteiger partial charge in [0, 0.05) is 30.1 Å². The molecule has 1 amide bonds. The number of halogens is 1. The molecule has 0 aliphatic carbocycles. The summed E-state index contributed by atoms with van der Waals surface area (Å²) in [6, 6.07) is 17.1. The number of hydrogen-bond donors (Lipinski definition) is 1. The van der Waals surface area contributed by atoms with Crippen molar-refractivity contribution >= 4 is 16.8 Å². The summed E-state index contributed by atoms with van der Waals surface area (Å²) in [5.74, 6) is -0.00201. The van der Waals surface area contributed by atoms with E-state index in [0.29, 0.717) is 35.6 Å². The SMILES string of the molecule is CCOc1cc(C(=O)N(C)Cc2ccc(C#N)c3cn[nH]c23)ccc1-c1cccc(F)c1. The summed E-state index contributed by atoms with van der Waals surface area (Å²) in [4.78, 5) is 14.7. The van der Waals surface area contributed by atoms with Crippen LogP contribution in [0.25, 0.3) is 22.0 Å². The van der Waals surface area contributed by atoms with Gasteiger partial charge in [0.1, 0.15) is 11.6 Å². The van der Waals surface area contributed by atoms with Gasteiger partial charge >= 0.3 is 0 Å². The summed E-state index contributed by atoms with van der Waals surface area (Å²) >= 11 is 0. The van der Waals surface area contributed by atoms with E-state index in [1.165, 1.54) is 12.1 Å². The first-order valence-electron chi connectivity index (χ1n) is 10.1. The first kappa shape index (κ1) is 21.1. The van der Waals surface area contributed by atoms with Crippen LogP contribution in [0.4, 0.5) is 4.39 Å².